The average Bonchev–Trinajstić information content (AvgIpc) is 2.45. The van der Waals surface area contributed by atoms with Crippen LogP contribution in [0.2, 0.25) is 0 Å². The number of aliphatic hydroxyl groups excluding tert-OH is 1. The molecule has 0 aliphatic carbocycles. The largest absolute Gasteiger partial charge is 0.491 e. The minimum Gasteiger partial charge on any atom is -0.491 e. The number of aliphatic hydroxyl groups is 1. The summed E-state index contributed by atoms with van der Waals surface area (Å²) in [6, 6.07) is 13.3. The minimum atomic E-state index is -4.36. The highest BCUT2D eigenvalue weighted by Crippen LogP contribution is 2.30. The number of benzene rings is 2. The Labute approximate surface area is 114 Å². The van der Waals surface area contributed by atoms with E-state index in [9.17, 15) is 18.3 Å². The molecule has 106 valence electrons. The first kappa shape index (κ1) is 14.4. The molecule has 0 saturated heterocycles. The Kier molecular flexibility index (Phi) is 4.29. The summed E-state index contributed by atoms with van der Waals surface area (Å²) in [5.41, 5.74) is -0.0344. The highest BCUT2D eigenvalue weighted by molar-refractivity contribution is 5.29. The molecule has 0 radical (unpaired) electrons. The fourth-order valence-electron chi connectivity index (χ4n) is 1.69. The third kappa shape index (κ3) is 3.74. The van der Waals surface area contributed by atoms with Gasteiger partial charge in [0.25, 0.3) is 0 Å². The maximum Gasteiger partial charge on any atom is 0.416 e. The molecule has 0 heterocycles. The molecule has 0 spiro atoms. The molecule has 1 N–H and O–H groups in total. The molecule has 20 heavy (non-hydrogen) atoms. The van der Waals surface area contributed by atoms with Crippen LogP contribution in [0.1, 0.15) is 17.2 Å². The summed E-state index contributed by atoms with van der Waals surface area (Å²) in [5.74, 6) is 0.285. The summed E-state index contributed by atoms with van der Waals surface area (Å²) in [6.45, 7) is -0.0185. The van der Waals surface area contributed by atoms with Crippen molar-refractivity contribution >= 4 is 0 Å². The monoisotopic (exact) mass is 282 g/mol. The molecule has 2 aromatic carbocycles. The van der Waals surface area contributed by atoms with E-state index in [1.807, 2.05) is 6.07 Å². The molecule has 2 nitrogen and oxygen atoms in total. The molecule has 5 heteroatoms. The molecule has 0 saturated carbocycles. The van der Waals surface area contributed by atoms with Gasteiger partial charge in [-0.2, -0.15) is 13.2 Å². The number of hydrogen-bond acceptors (Lipinski definition) is 2. The van der Waals surface area contributed by atoms with Gasteiger partial charge in [-0.3, -0.25) is 0 Å². The van der Waals surface area contributed by atoms with Crippen molar-refractivity contribution < 1.29 is 23.0 Å². The summed E-state index contributed by atoms with van der Waals surface area (Å²) in [4.78, 5) is 0. The van der Waals surface area contributed by atoms with Gasteiger partial charge in [0, 0.05) is 0 Å². The summed E-state index contributed by atoms with van der Waals surface area (Å²) >= 11 is 0. The van der Waals surface area contributed by atoms with Gasteiger partial charge in [0.05, 0.1) is 5.56 Å². The van der Waals surface area contributed by atoms with E-state index in [0.717, 1.165) is 12.1 Å². The van der Waals surface area contributed by atoms with E-state index >= 15 is 0 Å². The zero-order chi connectivity index (χ0) is 14.6. The molecular weight excluding hydrogens is 269 g/mol. The Morgan fingerprint density at radius 3 is 2.10 bits per heavy atom. The minimum absolute atomic E-state index is 0.0185. The highest BCUT2D eigenvalue weighted by Gasteiger charge is 2.30. The van der Waals surface area contributed by atoms with E-state index < -0.39 is 17.8 Å². The van der Waals surface area contributed by atoms with E-state index in [1.165, 1.54) is 12.1 Å². The van der Waals surface area contributed by atoms with Crippen molar-refractivity contribution in [2.24, 2.45) is 0 Å². The average molecular weight is 282 g/mol. The number of alkyl halides is 3. The summed E-state index contributed by atoms with van der Waals surface area (Å²) in [5, 5.41) is 9.86. The van der Waals surface area contributed by atoms with Gasteiger partial charge >= 0.3 is 6.18 Å². The number of rotatable bonds is 4. The van der Waals surface area contributed by atoms with Crippen LogP contribution in [0.5, 0.6) is 5.75 Å². The molecule has 1 unspecified atom stereocenters. The van der Waals surface area contributed by atoms with Crippen LogP contribution < -0.4 is 4.74 Å². The smallest absolute Gasteiger partial charge is 0.416 e. The SMILES string of the molecule is OC(COc1ccc(C(F)(F)F)cc1)c1ccccc1. The van der Waals surface area contributed by atoms with Gasteiger partial charge in [-0.1, -0.05) is 30.3 Å². The van der Waals surface area contributed by atoms with Crippen LogP contribution in [0, 0.1) is 0 Å². The van der Waals surface area contributed by atoms with E-state index in [0.29, 0.717) is 5.56 Å². The fourth-order valence-corrected chi connectivity index (χ4v) is 1.69. The quantitative estimate of drug-likeness (QED) is 0.923. The van der Waals surface area contributed by atoms with E-state index in [-0.39, 0.29) is 12.4 Å². The second kappa shape index (κ2) is 5.96. The van der Waals surface area contributed by atoms with Crippen molar-refractivity contribution in [1.82, 2.24) is 0 Å². The first-order valence-electron chi connectivity index (χ1n) is 6.00. The van der Waals surface area contributed by atoms with Crippen LogP contribution in [0.3, 0.4) is 0 Å². The Hall–Kier alpha value is -2.01. The van der Waals surface area contributed by atoms with E-state index in [2.05, 4.69) is 0 Å². The number of halogens is 3. The van der Waals surface area contributed by atoms with Crippen LogP contribution in [-0.4, -0.2) is 11.7 Å². The predicted molar refractivity (Wildman–Crippen MR) is 68.3 cm³/mol. The van der Waals surface area contributed by atoms with Crippen molar-refractivity contribution in [3.05, 3.63) is 65.7 Å². The number of ether oxygens (including phenoxy) is 1. The molecule has 0 aromatic heterocycles. The normalized spacial score (nSPS) is 13.0. The molecule has 2 rings (SSSR count). The molecule has 0 bridgehead atoms. The van der Waals surface area contributed by atoms with Gasteiger partial charge in [-0.15, -0.1) is 0 Å². The lowest BCUT2D eigenvalue weighted by Crippen LogP contribution is -2.10. The van der Waals surface area contributed by atoms with E-state index in [4.69, 9.17) is 4.74 Å². The Morgan fingerprint density at radius 2 is 1.55 bits per heavy atom. The Balaban J connectivity index is 1.94. The molecule has 0 aliphatic heterocycles. The zero-order valence-electron chi connectivity index (χ0n) is 10.5. The summed E-state index contributed by atoms with van der Waals surface area (Å²) in [7, 11) is 0. The molecule has 1 atom stereocenters. The van der Waals surface area contributed by atoms with Gasteiger partial charge < -0.3 is 9.84 Å². The van der Waals surface area contributed by atoms with Gasteiger partial charge in [-0.05, 0) is 29.8 Å². The van der Waals surface area contributed by atoms with Crippen molar-refractivity contribution in [3.8, 4) is 5.75 Å². The van der Waals surface area contributed by atoms with Crippen LogP contribution in [-0.2, 0) is 6.18 Å². The zero-order valence-corrected chi connectivity index (χ0v) is 10.5. The van der Waals surface area contributed by atoms with Gasteiger partial charge in [0.15, 0.2) is 0 Å². The van der Waals surface area contributed by atoms with Crippen LogP contribution in [0.4, 0.5) is 13.2 Å². The third-order valence-corrected chi connectivity index (χ3v) is 2.77. The molecule has 0 fully saturated rings. The third-order valence-electron chi connectivity index (χ3n) is 2.77. The van der Waals surface area contributed by atoms with Gasteiger partial charge in [0.2, 0.25) is 0 Å². The second-order valence-electron chi connectivity index (χ2n) is 4.26. The van der Waals surface area contributed by atoms with Crippen LogP contribution >= 0.6 is 0 Å². The lowest BCUT2D eigenvalue weighted by molar-refractivity contribution is -0.137. The van der Waals surface area contributed by atoms with Crippen LogP contribution in [0.15, 0.2) is 54.6 Å². The molecule has 0 amide bonds. The maximum absolute atomic E-state index is 12.4. The first-order chi connectivity index (χ1) is 9.47. The lowest BCUT2D eigenvalue weighted by atomic mass is 10.1. The van der Waals surface area contributed by atoms with E-state index in [1.54, 1.807) is 24.3 Å². The van der Waals surface area contributed by atoms with Crippen molar-refractivity contribution in [2.45, 2.75) is 12.3 Å². The van der Waals surface area contributed by atoms with Crippen molar-refractivity contribution in [2.75, 3.05) is 6.61 Å². The van der Waals surface area contributed by atoms with Crippen molar-refractivity contribution in [1.29, 1.82) is 0 Å². The number of hydrogen-bond donors (Lipinski definition) is 1. The standard InChI is InChI=1S/C15H13F3O2/c16-15(17,18)12-6-8-13(9-7-12)20-10-14(19)11-4-2-1-3-5-11/h1-9,14,19H,10H2. The van der Waals surface area contributed by atoms with Crippen molar-refractivity contribution in [3.63, 3.8) is 0 Å². The summed E-state index contributed by atoms with van der Waals surface area (Å²) < 4.78 is 42.4. The maximum atomic E-state index is 12.4. The first-order valence-corrected chi connectivity index (χ1v) is 6.00. The van der Waals surface area contributed by atoms with Crippen LogP contribution in [0.25, 0.3) is 0 Å². The van der Waals surface area contributed by atoms with Gasteiger partial charge in [-0.25, -0.2) is 0 Å². The van der Waals surface area contributed by atoms with Gasteiger partial charge in [0.1, 0.15) is 18.5 Å². The topological polar surface area (TPSA) is 29.5 Å². The Bertz CT molecular complexity index is 535. The summed E-state index contributed by atoms with van der Waals surface area (Å²) in [6.07, 6.45) is -5.18. The molecular formula is C15H13F3O2. The predicted octanol–water partition coefficient (Wildman–Crippen LogP) is 3.82. The molecule has 2 aromatic rings. The molecule has 0 aliphatic rings. The highest BCUT2D eigenvalue weighted by atomic mass is 19.4. The Morgan fingerprint density at radius 1 is 0.950 bits per heavy atom. The lowest BCUT2D eigenvalue weighted by Gasteiger charge is -2.13. The second-order valence-corrected chi connectivity index (χ2v) is 4.26. The fraction of sp³-hybridized carbons (Fsp3) is 0.200.